The zero-order chi connectivity index (χ0) is 32.1. The first-order valence-corrected chi connectivity index (χ1v) is 17.2. The monoisotopic (exact) mass is 742 g/mol. The Balaban J connectivity index is 0.000000182. The molecule has 2 saturated carbocycles. The lowest BCUT2D eigenvalue weighted by Crippen LogP contribution is -2.12. The van der Waals surface area contributed by atoms with E-state index in [0.717, 1.165) is 38.5 Å². The highest BCUT2D eigenvalue weighted by Gasteiger charge is 2.26. The first kappa shape index (κ1) is 33.3. The molecule has 8 nitrogen and oxygen atoms in total. The number of carbonyl (C=O) groups excluding carboxylic acids is 3. The summed E-state index contributed by atoms with van der Waals surface area (Å²) < 4.78 is 18.3. The summed E-state index contributed by atoms with van der Waals surface area (Å²) in [5.41, 5.74) is 5.51. The SMILES string of the molecule is COC(=O)Cn1c(Br)c(C2CCCCC2)c2ccc(C(=O)OC)cc21.COC(=O)c1ccc2c(C3CCCCC3)c(Br)[nH]c2c1. The third-order valence-electron chi connectivity index (χ3n) is 9.21. The van der Waals surface area contributed by atoms with Crippen LogP contribution in [0.1, 0.15) is 108 Å². The van der Waals surface area contributed by atoms with Crippen molar-refractivity contribution in [1.29, 1.82) is 0 Å². The smallest absolute Gasteiger partial charge is 0.337 e. The van der Waals surface area contributed by atoms with Crippen LogP contribution in [0.3, 0.4) is 0 Å². The minimum absolute atomic E-state index is 0.102. The average Bonchev–Trinajstić information content (AvgIpc) is 3.56. The van der Waals surface area contributed by atoms with Crippen molar-refractivity contribution >= 4 is 71.6 Å². The number of esters is 3. The second kappa shape index (κ2) is 15.0. The number of aromatic nitrogens is 2. The van der Waals surface area contributed by atoms with Gasteiger partial charge in [0, 0.05) is 16.3 Å². The van der Waals surface area contributed by atoms with Crippen molar-refractivity contribution in [2.24, 2.45) is 0 Å². The molecule has 2 aromatic heterocycles. The number of hydrogen-bond acceptors (Lipinski definition) is 6. The summed E-state index contributed by atoms with van der Waals surface area (Å²) in [4.78, 5) is 38.7. The average molecular weight is 745 g/mol. The summed E-state index contributed by atoms with van der Waals surface area (Å²) in [5, 5.41) is 2.30. The van der Waals surface area contributed by atoms with Crippen LogP contribution in [0.5, 0.6) is 0 Å². The topological polar surface area (TPSA) is 99.6 Å². The summed E-state index contributed by atoms with van der Waals surface area (Å²) in [6.45, 7) is 0.102. The standard InChI is InChI=1S/C19H22BrNO4.C16H18BrNO2/c1-24-16(22)11-21-15-10-13(19(23)25-2)8-9-14(15)17(18(21)20)12-6-4-3-5-7-12;1-20-16(19)11-7-8-12-13(9-11)18-15(17)14(12)10-5-3-2-4-6-10/h8-10,12H,3-7,11H2,1-2H3;7-10,18H,2-6H2,1H3. The Bertz CT molecular complexity index is 1700. The molecule has 2 aliphatic carbocycles. The van der Waals surface area contributed by atoms with Gasteiger partial charge in [-0.15, -0.1) is 0 Å². The second-order valence-corrected chi connectivity index (χ2v) is 13.4. The molecule has 0 aliphatic heterocycles. The van der Waals surface area contributed by atoms with Gasteiger partial charge in [-0.2, -0.15) is 0 Å². The van der Waals surface area contributed by atoms with E-state index in [0.29, 0.717) is 23.0 Å². The molecule has 0 saturated heterocycles. The Kier molecular flexibility index (Phi) is 11.1. The highest BCUT2D eigenvalue weighted by molar-refractivity contribution is 9.10. The maximum absolute atomic E-state index is 11.9. The van der Waals surface area contributed by atoms with Crippen molar-refractivity contribution in [3.8, 4) is 0 Å². The van der Waals surface area contributed by atoms with Crippen LogP contribution in [0.15, 0.2) is 45.6 Å². The number of fused-ring (bicyclic) bond motifs is 2. The lowest BCUT2D eigenvalue weighted by atomic mass is 9.84. The van der Waals surface area contributed by atoms with Crippen LogP contribution in [0, 0.1) is 0 Å². The van der Waals surface area contributed by atoms with E-state index in [-0.39, 0.29) is 24.5 Å². The molecule has 0 bridgehead atoms. The minimum Gasteiger partial charge on any atom is -0.468 e. The van der Waals surface area contributed by atoms with Gasteiger partial charge in [-0.05, 0) is 105 Å². The third kappa shape index (κ3) is 7.17. The van der Waals surface area contributed by atoms with Crippen molar-refractivity contribution < 1.29 is 28.6 Å². The zero-order valence-corrected chi connectivity index (χ0v) is 29.2. The Morgan fingerprint density at radius 2 is 1.27 bits per heavy atom. The lowest BCUT2D eigenvalue weighted by Gasteiger charge is -2.22. The van der Waals surface area contributed by atoms with Gasteiger partial charge in [-0.1, -0.05) is 50.7 Å². The maximum Gasteiger partial charge on any atom is 0.337 e. The predicted molar refractivity (Wildman–Crippen MR) is 182 cm³/mol. The Morgan fingerprint density at radius 1 is 0.733 bits per heavy atom. The van der Waals surface area contributed by atoms with Crippen molar-refractivity contribution in [3.05, 3.63) is 67.9 Å². The number of halogens is 2. The van der Waals surface area contributed by atoms with Crippen LogP contribution in [0.25, 0.3) is 21.8 Å². The van der Waals surface area contributed by atoms with E-state index >= 15 is 0 Å². The van der Waals surface area contributed by atoms with Crippen molar-refractivity contribution in [3.63, 3.8) is 0 Å². The molecule has 0 atom stereocenters. The molecule has 0 unspecified atom stereocenters. The number of rotatable bonds is 6. The third-order valence-corrected chi connectivity index (χ3v) is 10.7. The van der Waals surface area contributed by atoms with Gasteiger partial charge < -0.3 is 23.8 Å². The van der Waals surface area contributed by atoms with Gasteiger partial charge in [0.05, 0.1) is 47.2 Å². The van der Waals surface area contributed by atoms with Gasteiger partial charge in [-0.25, -0.2) is 9.59 Å². The van der Waals surface area contributed by atoms with Crippen LogP contribution in [0.2, 0.25) is 0 Å². The molecular weight excluding hydrogens is 704 g/mol. The van der Waals surface area contributed by atoms with E-state index in [1.54, 1.807) is 12.1 Å². The van der Waals surface area contributed by atoms with Crippen LogP contribution < -0.4 is 0 Å². The summed E-state index contributed by atoms with van der Waals surface area (Å²) in [5.74, 6) is 0.0838. The molecule has 2 fully saturated rings. The zero-order valence-electron chi connectivity index (χ0n) is 26.0. The van der Waals surface area contributed by atoms with E-state index < -0.39 is 0 Å². The van der Waals surface area contributed by atoms with Gasteiger partial charge in [0.2, 0.25) is 0 Å². The summed E-state index contributed by atoms with van der Waals surface area (Å²) >= 11 is 7.36. The molecule has 240 valence electrons. The number of hydrogen-bond donors (Lipinski definition) is 1. The fourth-order valence-electron chi connectivity index (χ4n) is 6.94. The lowest BCUT2D eigenvalue weighted by molar-refractivity contribution is -0.141. The van der Waals surface area contributed by atoms with E-state index in [4.69, 9.17) is 14.2 Å². The first-order valence-electron chi connectivity index (χ1n) is 15.6. The van der Waals surface area contributed by atoms with E-state index in [2.05, 4.69) is 36.8 Å². The van der Waals surface area contributed by atoms with Gasteiger partial charge in [-0.3, -0.25) is 4.79 Å². The quantitative estimate of drug-likeness (QED) is 0.156. The van der Waals surface area contributed by atoms with Gasteiger partial charge >= 0.3 is 17.9 Å². The van der Waals surface area contributed by atoms with Gasteiger partial charge in [0.1, 0.15) is 6.54 Å². The predicted octanol–water partition coefficient (Wildman–Crippen LogP) is 9.18. The Labute approximate surface area is 280 Å². The molecule has 0 spiro atoms. The van der Waals surface area contributed by atoms with E-state index in [9.17, 15) is 14.4 Å². The van der Waals surface area contributed by atoms with Crippen molar-refractivity contribution in [1.82, 2.24) is 9.55 Å². The van der Waals surface area contributed by atoms with Gasteiger partial charge in [0.25, 0.3) is 0 Å². The van der Waals surface area contributed by atoms with Crippen LogP contribution in [-0.2, 0) is 25.5 Å². The van der Waals surface area contributed by atoms with E-state index in [1.165, 1.54) is 89.2 Å². The Hall–Kier alpha value is -3.11. The minimum atomic E-state index is -0.386. The molecular formula is C35H40Br2N2O6. The number of ether oxygens (including phenoxy) is 3. The number of nitrogens with one attached hydrogen (secondary N) is 1. The number of benzene rings is 2. The Morgan fingerprint density at radius 3 is 1.82 bits per heavy atom. The molecule has 45 heavy (non-hydrogen) atoms. The highest BCUT2D eigenvalue weighted by Crippen LogP contribution is 2.43. The van der Waals surface area contributed by atoms with Crippen molar-refractivity contribution in [2.45, 2.75) is 82.6 Å². The maximum atomic E-state index is 11.9. The molecule has 0 amide bonds. The fraction of sp³-hybridized carbons (Fsp3) is 0.457. The van der Waals surface area contributed by atoms with Crippen LogP contribution >= 0.6 is 31.9 Å². The molecule has 10 heteroatoms. The molecule has 0 radical (unpaired) electrons. The molecule has 1 N–H and O–H groups in total. The molecule has 4 aromatic rings. The number of methoxy groups -OCH3 is 3. The first-order chi connectivity index (χ1) is 21.8. The van der Waals surface area contributed by atoms with Gasteiger partial charge in [0.15, 0.2) is 0 Å². The number of H-pyrrole nitrogens is 1. The van der Waals surface area contributed by atoms with Crippen LogP contribution in [-0.4, -0.2) is 48.8 Å². The molecule has 6 rings (SSSR count). The summed E-state index contributed by atoms with van der Waals surface area (Å²) in [6.07, 6.45) is 12.5. The van der Waals surface area contributed by atoms with Crippen molar-refractivity contribution in [2.75, 3.05) is 21.3 Å². The number of nitrogens with zero attached hydrogens (tertiary/aromatic N) is 1. The number of aromatic amines is 1. The van der Waals surface area contributed by atoms with E-state index in [1.807, 2.05) is 28.8 Å². The molecule has 2 aromatic carbocycles. The summed E-state index contributed by atoms with van der Waals surface area (Å²) in [7, 11) is 4.15. The second-order valence-electron chi connectivity index (χ2n) is 11.9. The fourth-order valence-corrected chi connectivity index (χ4v) is 8.54. The molecule has 2 heterocycles. The highest BCUT2D eigenvalue weighted by atomic mass is 79.9. The normalized spacial score (nSPS) is 15.8. The number of carbonyl (C=O) groups is 3. The van der Waals surface area contributed by atoms with Crippen LogP contribution in [0.4, 0.5) is 0 Å². The largest absolute Gasteiger partial charge is 0.468 e. The summed E-state index contributed by atoms with van der Waals surface area (Å²) in [6, 6.07) is 11.3. The molecule has 2 aliphatic rings.